The zero-order valence-corrected chi connectivity index (χ0v) is 13.7. The molecule has 6 nitrogen and oxygen atoms in total. The van der Waals surface area contributed by atoms with Gasteiger partial charge in [0.1, 0.15) is 10.7 Å². The van der Waals surface area contributed by atoms with Crippen LogP contribution >= 0.6 is 11.3 Å². The molecule has 0 aliphatic carbocycles. The molecule has 24 heavy (non-hydrogen) atoms. The number of hydrogen-bond acceptors (Lipinski definition) is 5. The van der Waals surface area contributed by atoms with Gasteiger partial charge < -0.3 is 10.1 Å². The predicted molar refractivity (Wildman–Crippen MR) is 87.6 cm³/mol. The molecule has 3 aromatic rings. The van der Waals surface area contributed by atoms with E-state index < -0.39 is 11.9 Å². The third-order valence-corrected chi connectivity index (χ3v) is 4.08. The molecule has 1 amide bonds. The lowest BCUT2D eigenvalue weighted by Gasteiger charge is -2.14. The zero-order chi connectivity index (χ0) is 16.9. The Kier molecular flexibility index (Phi) is 4.85. The molecule has 0 aliphatic rings. The second-order valence-corrected chi connectivity index (χ2v) is 5.94. The smallest absolute Gasteiger partial charge is 0.261 e. The molecule has 1 aromatic carbocycles. The lowest BCUT2D eigenvalue weighted by molar-refractivity contribution is -0.127. The maximum absolute atomic E-state index is 13.5. The van der Waals surface area contributed by atoms with Gasteiger partial charge in [0.15, 0.2) is 17.7 Å². The molecule has 0 radical (unpaired) electrons. The number of para-hydroxylation sites is 1. The van der Waals surface area contributed by atoms with Crippen molar-refractivity contribution in [3.63, 3.8) is 0 Å². The van der Waals surface area contributed by atoms with Gasteiger partial charge in [-0.3, -0.25) is 4.79 Å². The van der Waals surface area contributed by atoms with Gasteiger partial charge >= 0.3 is 0 Å². The number of halogens is 1. The molecular weight excluding hydrogens is 331 g/mol. The predicted octanol–water partition coefficient (Wildman–Crippen LogP) is 2.55. The highest BCUT2D eigenvalue weighted by Gasteiger charge is 2.16. The van der Waals surface area contributed by atoms with Crippen LogP contribution in [-0.4, -0.2) is 27.0 Å². The zero-order valence-electron chi connectivity index (χ0n) is 12.8. The van der Waals surface area contributed by atoms with Crippen LogP contribution in [0, 0.1) is 5.82 Å². The fraction of sp³-hybridized carbons (Fsp3) is 0.188. The molecular formula is C16H15FN4O2S. The van der Waals surface area contributed by atoms with Gasteiger partial charge in [0, 0.05) is 0 Å². The molecule has 8 heteroatoms. The lowest BCUT2D eigenvalue weighted by atomic mass is 10.3. The molecule has 1 N–H and O–H groups in total. The van der Waals surface area contributed by atoms with E-state index in [2.05, 4.69) is 15.6 Å². The average Bonchev–Trinajstić information content (AvgIpc) is 3.25. The van der Waals surface area contributed by atoms with Crippen molar-refractivity contribution in [2.24, 2.45) is 0 Å². The summed E-state index contributed by atoms with van der Waals surface area (Å²) in [5.41, 5.74) is 0.620. The first-order valence-electron chi connectivity index (χ1n) is 7.27. The van der Waals surface area contributed by atoms with E-state index in [0.29, 0.717) is 5.69 Å². The Balaban J connectivity index is 1.54. The summed E-state index contributed by atoms with van der Waals surface area (Å²) in [7, 11) is 0. The fourth-order valence-electron chi connectivity index (χ4n) is 1.99. The van der Waals surface area contributed by atoms with Crippen molar-refractivity contribution in [3.8, 4) is 10.8 Å². The minimum absolute atomic E-state index is 0.0452. The van der Waals surface area contributed by atoms with Gasteiger partial charge in [-0.1, -0.05) is 17.3 Å². The Bertz CT molecular complexity index is 819. The number of amides is 1. The van der Waals surface area contributed by atoms with E-state index in [0.717, 1.165) is 5.00 Å². The summed E-state index contributed by atoms with van der Waals surface area (Å²) in [6, 6.07) is 9.81. The minimum atomic E-state index is -0.825. The summed E-state index contributed by atoms with van der Waals surface area (Å²) < 4.78 is 20.5. The first kappa shape index (κ1) is 16.1. The molecule has 0 aliphatic heterocycles. The fourth-order valence-corrected chi connectivity index (χ4v) is 2.64. The van der Waals surface area contributed by atoms with Crippen LogP contribution in [0.25, 0.3) is 5.00 Å². The second-order valence-electron chi connectivity index (χ2n) is 5.01. The van der Waals surface area contributed by atoms with Gasteiger partial charge in [-0.05, 0) is 36.6 Å². The molecule has 2 heterocycles. The van der Waals surface area contributed by atoms with E-state index in [1.807, 2.05) is 17.5 Å². The Morgan fingerprint density at radius 3 is 2.96 bits per heavy atom. The topological polar surface area (TPSA) is 69.0 Å². The number of aromatic nitrogens is 3. The number of ether oxygens (including phenoxy) is 1. The van der Waals surface area contributed by atoms with Crippen LogP contribution in [0.2, 0.25) is 0 Å². The number of benzene rings is 1. The lowest BCUT2D eigenvalue weighted by Crippen LogP contribution is -2.36. The number of nitrogens with zero attached hydrogens (tertiary/aromatic N) is 3. The number of rotatable bonds is 6. The van der Waals surface area contributed by atoms with E-state index >= 15 is 0 Å². The SMILES string of the molecule is C[C@H](Oc1ccccc1F)C(=O)NCc1cn(-c2cccs2)nn1. The Hall–Kier alpha value is -2.74. The van der Waals surface area contributed by atoms with E-state index in [4.69, 9.17) is 4.74 Å². The maximum atomic E-state index is 13.5. The summed E-state index contributed by atoms with van der Waals surface area (Å²) in [5, 5.41) is 13.6. The van der Waals surface area contributed by atoms with Gasteiger partial charge in [0.05, 0.1) is 12.7 Å². The number of nitrogens with one attached hydrogen (secondary N) is 1. The highest BCUT2D eigenvalue weighted by atomic mass is 32.1. The number of carbonyl (C=O) groups excluding carboxylic acids is 1. The quantitative estimate of drug-likeness (QED) is 0.745. The van der Waals surface area contributed by atoms with Crippen molar-refractivity contribution in [2.45, 2.75) is 19.6 Å². The summed E-state index contributed by atoms with van der Waals surface area (Å²) in [5.74, 6) is -0.816. The summed E-state index contributed by atoms with van der Waals surface area (Å²) in [6.45, 7) is 1.78. The molecule has 0 fully saturated rings. The van der Waals surface area contributed by atoms with Gasteiger partial charge in [-0.15, -0.1) is 16.4 Å². The molecule has 0 spiro atoms. The highest BCUT2D eigenvalue weighted by Crippen LogP contribution is 2.17. The van der Waals surface area contributed by atoms with Crippen LogP contribution in [-0.2, 0) is 11.3 Å². The molecule has 0 saturated heterocycles. The van der Waals surface area contributed by atoms with Crippen molar-refractivity contribution in [2.75, 3.05) is 0 Å². The van der Waals surface area contributed by atoms with E-state index in [9.17, 15) is 9.18 Å². The molecule has 124 valence electrons. The Labute approximate surface area is 141 Å². The van der Waals surface area contributed by atoms with E-state index in [-0.39, 0.29) is 18.2 Å². The highest BCUT2D eigenvalue weighted by molar-refractivity contribution is 7.12. The van der Waals surface area contributed by atoms with Gasteiger partial charge in [-0.25, -0.2) is 9.07 Å². The van der Waals surface area contributed by atoms with Crippen LogP contribution in [0.1, 0.15) is 12.6 Å². The summed E-state index contributed by atoms with van der Waals surface area (Å²) in [4.78, 5) is 12.1. The van der Waals surface area contributed by atoms with E-state index in [1.54, 1.807) is 29.9 Å². The second kappa shape index (κ2) is 7.22. The van der Waals surface area contributed by atoms with Crippen molar-refractivity contribution in [3.05, 3.63) is 59.5 Å². The van der Waals surface area contributed by atoms with E-state index in [1.165, 1.54) is 23.5 Å². The largest absolute Gasteiger partial charge is 0.478 e. The standard InChI is InChI=1S/C16H15FN4O2S/c1-11(23-14-6-3-2-5-13(14)17)16(22)18-9-12-10-21(20-19-12)15-7-4-8-24-15/h2-8,10-11H,9H2,1H3,(H,18,22)/t11-/m0/s1. The van der Waals surface area contributed by atoms with Crippen LogP contribution in [0.4, 0.5) is 4.39 Å². The normalized spacial score (nSPS) is 11.9. The monoisotopic (exact) mass is 346 g/mol. The Morgan fingerprint density at radius 2 is 2.21 bits per heavy atom. The van der Waals surface area contributed by atoms with Crippen molar-refractivity contribution in [1.82, 2.24) is 20.3 Å². The van der Waals surface area contributed by atoms with Crippen molar-refractivity contribution >= 4 is 17.2 Å². The average molecular weight is 346 g/mol. The van der Waals surface area contributed by atoms with Gasteiger partial charge in [0.25, 0.3) is 5.91 Å². The molecule has 0 bridgehead atoms. The van der Waals surface area contributed by atoms with Crippen LogP contribution in [0.15, 0.2) is 48.0 Å². The third-order valence-electron chi connectivity index (χ3n) is 3.23. The van der Waals surface area contributed by atoms with Crippen molar-refractivity contribution in [1.29, 1.82) is 0 Å². The van der Waals surface area contributed by atoms with Gasteiger partial charge in [0.2, 0.25) is 0 Å². The molecule has 0 saturated carbocycles. The number of carbonyl (C=O) groups is 1. The molecule has 3 rings (SSSR count). The van der Waals surface area contributed by atoms with Crippen molar-refractivity contribution < 1.29 is 13.9 Å². The van der Waals surface area contributed by atoms with Crippen LogP contribution in [0.5, 0.6) is 5.75 Å². The first-order chi connectivity index (χ1) is 11.6. The minimum Gasteiger partial charge on any atom is -0.478 e. The summed E-state index contributed by atoms with van der Waals surface area (Å²) >= 11 is 1.54. The maximum Gasteiger partial charge on any atom is 0.261 e. The number of thiophene rings is 1. The van der Waals surface area contributed by atoms with Gasteiger partial charge in [-0.2, -0.15) is 0 Å². The first-order valence-corrected chi connectivity index (χ1v) is 8.15. The van der Waals surface area contributed by atoms with Crippen LogP contribution < -0.4 is 10.1 Å². The molecule has 2 aromatic heterocycles. The Morgan fingerprint density at radius 1 is 1.38 bits per heavy atom. The molecule has 1 atom stereocenters. The molecule has 0 unspecified atom stereocenters. The van der Waals surface area contributed by atoms with Crippen LogP contribution in [0.3, 0.4) is 0 Å². The third kappa shape index (κ3) is 3.77. The number of hydrogen-bond donors (Lipinski definition) is 1. The summed E-state index contributed by atoms with van der Waals surface area (Å²) in [6.07, 6.45) is 0.920.